The molecule has 2 aromatic heterocycles. The first-order valence-electron chi connectivity index (χ1n) is 10.3. The molecule has 6 rings (SSSR count). The molecular formula is C28H19NO2. The smallest absolute Gasteiger partial charge is 0.134 e. The molecule has 0 bridgehead atoms. The van der Waals surface area contributed by atoms with Gasteiger partial charge in [-0.15, -0.1) is 0 Å². The lowest BCUT2D eigenvalue weighted by Gasteiger charge is -2.10. The van der Waals surface area contributed by atoms with Gasteiger partial charge in [0.25, 0.3) is 0 Å². The van der Waals surface area contributed by atoms with Crippen LogP contribution in [0.5, 0.6) is 0 Å². The van der Waals surface area contributed by atoms with Crippen LogP contribution < -0.4 is 5.32 Å². The second-order valence-corrected chi connectivity index (χ2v) is 7.58. The van der Waals surface area contributed by atoms with Crippen LogP contribution in [-0.4, -0.2) is 0 Å². The van der Waals surface area contributed by atoms with Gasteiger partial charge in [0.2, 0.25) is 0 Å². The topological polar surface area (TPSA) is 38.3 Å². The molecule has 0 unspecified atom stereocenters. The molecule has 31 heavy (non-hydrogen) atoms. The number of furan rings is 2. The summed E-state index contributed by atoms with van der Waals surface area (Å²) in [6.45, 7) is 0. The van der Waals surface area contributed by atoms with Gasteiger partial charge in [-0.1, -0.05) is 60.7 Å². The third kappa shape index (κ3) is 3.17. The zero-order valence-electron chi connectivity index (χ0n) is 16.7. The van der Waals surface area contributed by atoms with Crippen LogP contribution in [0, 0.1) is 0 Å². The van der Waals surface area contributed by atoms with E-state index in [0.717, 1.165) is 55.6 Å². The molecule has 0 fully saturated rings. The molecule has 0 spiro atoms. The van der Waals surface area contributed by atoms with Gasteiger partial charge in [-0.3, -0.25) is 0 Å². The molecule has 0 radical (unpaired) electrons. The van der Waals surface area contributed by atoms with E-state index < -0.39 is 0 Å². The molecule has 2 heterocycles. The van der Waals surface area contributed by atoms with E-state index in [9.17, 15) is 0 Å². The first kappa shape index (κ1) is 17.6. The van der Waals surface area contributed by atoms with Gasteiger partial charge >= 0.3 is 0 Å². The minimum Gasteiger partial charge on any atom is -0.464 e. The molecule has 3 heteroatoms. The maximum Gasteiger partial charge on any atom is 0.134 e. The quantitative estimate of drug-likeness (QED) is 0.323. The highest BCUT2D eigenvalue weighted by molar-refractivity contribution is 5.95. The van der Waals surface area contributed by atoms with Crippen molar-refractivity contribution in [3.05, 3.63) is 110 Å². The Labute approximate surface area is 179 Å². The summed E-state index contributed by atoms with van der Waals surface area (Å²) >= 11 is 0. The van der Waals surface area contributed by atoms with Gasteiger partial charge in [0.05, 0.1) is 12.5 Å². The van der Waals surface area contributed by atoms with E-state index in [0.29, 0.717) is 0 Å². The van der Waals surface area contributed by atoms with Crippen LogP contribution in [0.15, 0.2) is 118 Å². The van der Waals surface area contributed by atoms with E-state index in [1.165, 1.54) is 0 Å². The average Bonchev–Trinajstić information content (AvgIpc) is 3.44. The Bertz CT molecular complexity index is 1410. The summed E-state index contributed by atoms with van der Waals surface area (Å²) < 4.78 is 11.4. The molecule has 0 amide bonds. The summed E-state index contributed by atoms with van der Waals surface area (Å²) in [6.07, 6.45) is 3.66. The molecule has 4 aromatic carbocycles. The number of anilines is 2. The van der Waals surface area contributed by atoms with Crippen molar-refractivity contribution in [2.45, 2.75) is 0 Å². The van der Waals surface area contributed by atoms with Gasteiger partial charge in [-0.25, -0.2) is 0 Å². The third-order valence-corrected chi connectivity index (χ3v) is 5.60. The van der Waals surface area contributed by atoms with Crippen molar-refractivity contribution in [2.24, 2.45) is 0 Å². The van der Waals surface area contributed by atoms with Gasteiger partial charge in [-0.2, -0.15) is 0 Å². The highest BCUT2D eigenvalue weighted by Gasteiger charge is 2.10. The van der Waals surface area contributed by atoms with Crippen LogP contribution in [0.4, 0.5) is 11.4 Å². The SMILES string of the molecule is c1cc(Nc2cccc(-c3coc4ccccc34)c2)cc(-c2coc3ccccc23)c1. The summed E-state index contributed by atoms with van der Waals surface area (Å²) in [5, 5.41) is 5.78. The van der Waals surface area contributed by atoms with E-state index in [-0.39, 0.29) is 0 Å². The van der Waals surface area contributed by atoms with Crippen LogP contribution >= 0.6 is 0 Å². The molecule has 3 nitrogen and oxygen atoms in total. The maximum absolute atomic E-state index is 5.72. The number of hydrogen-bond acceptors (Lipinski definition) is 3. The lowest BCUT2D eigenvalue weighted by atomic mass is 10.0. The Morgan fingerprint density at radius 3 is 1.48 bits per heavy atom. The molecular weight excluding hydrogens is 382 g/mol. The van der Waals surface area contributed by atoms with Crippen molar-refractivity contribution >= 4 is 33.3 Å². The first-order valence-corrected chi connectivity index (χ1v) is 10.3. The molecule has 0 saturated heterocycles. The fourth-order valence-corrected chi connectivity index (χ4v) is 4.10. The lowest BCUT2D eigenvalue weighted by Crippen LogP contribution is -1.91. The Morgan fingerprint density at radius 1 is 0.484 bits per heavy atom. The second-order valence-electron chi connectivity index (χ2n) is 7.58. The van der Waals surface area contributed by atoms with Gasteiger partial charge in [0, 0.05) is 33.3 Å². The van der Waals surface area contributed by atoms with Gasteiger partial charge < -0.3 is 14.2 Å². The van der Waals surface area contributed by atoms with Crippen LogP contribution in [0.2, 0.25) is 0 Å². The van der Waals surface area contributed by atoms with Crippen molar-refractivity contribution in [2.75, 3.05) is 5.32 Å². The Kier molecular flexibility index (Phi) is 4.10. The monoisotopic (exact) mass is 401 g/mol. The van der Waals surface area contributed by atoms with Gasteiger partial charge in [0.15, 0.2) is 0 Å². The average molecular weight is 401 g/mol. The van der Waals surface area contributed by atoms with Crippen molar-refractivity contribution in [3.8, 4) is 22.3 Å². The van der Waals surface area contributed by atoms with Crippen molar-refractivity contribution in [1.29, 1.82) is 0 Å². The number of para-hydroxylation sites is 2. The standard InChI is InChI=1S/C28H19NO2/c1-3-13-27-23(11-1)25(17-30-27)19-7-5-9-21(15-19)29-22-10-6-8-20(16-22)26-18-31-28-14-4-2-12-24(26)28/h1-18,29H. The molecule has 6 aromatic rings. The molecule has 1 N–H and O–H groups in total. The van der Waals surface area contributed by atoms with Crippen molar-refractivity contribution < 1.29 is 8.83 Å². The number of fused-ring (bicyclic) bond motifs is 2. The van der Waals surface area contributed by atoms with Crippen LogP contribution in [0.1, 0.15) is 0 Å². The second kappa shape index (κ2) is 7.22. The highest BCUT2D eigenvalue weighted by Crippen LogP contribution is 2.34. The third-order valence-electron chi connectivity index (χ3n) is 5.60. The predicted octanol–water partition coefficient (Wildman–Crippen LogP) is 8.26. The molecule has 0 aliphatic heterocycles. The fraction of sp³-hybridized carbons (Fsp3) is 0. The molecule has 148 valence electrons. The molecule has 0 aliphatic carbocycles. The Morgan fingerprint density at radius 2 is 0.968 bits per heavy atom. The Balaban J connectivity index is 1.34. The minimum absolute atomic E-state index is 0.899. The normalized spacial score (nSPS) is 11.2. The van der Waals surface area contributed by atoms with E-state index in [2.05, 4.69) is 66.0 Å². The molecule has 0 saturated carbocycles. The van der Waals surface area contributed by atoms with E-state index in [4.69, 9.17) is 8.83 Å². The summed E-state index contributed by atoms with van der Waals surface area (Å²) in [5.41, 5.74) is 8.27. The molecule has 0 aliphatic rings. The number of nitrogens with one attached hydrogen (secondary N) is 1. The fourth-order valence-electron chi connectivity index (χ4n) is 4.10. The Hall–Kier alpha value is -4.24. The van der Waals surface area contributed by atoms with Crippen LogP contribution in [-0.2, 0) is 0 Å². The highest BCUT2D eigenvalue weighted by atomic mass is 16.3. The minimum atomic E-state index is 0.899. The largest absolute Gasteiger partial charge is 0.464 e. The van der Waals surface area contributed by atoms with Crippen LogP contribution in [0.3, 0.4) is 0 Å². The van der Waals surface area contributed by atoms with E-state index >= 15 is 0 Å². The zero-order chi connectivity index (χ0) is 20.6. The first-order chi connectivity index (χ1) is 15.3. The van der Waals surface area contributed by atoms with Crippen molar-refractivity contribution in [1.82, 2.24) is 0 Å². The van der Waals surface area contributed by atoms with E-state index in [1.807, 2.05) is 48.9 Å². The zero-order valence-corrected chi connectivity index (χ0v) is 16.7. The summed E-state index contributed by atoms with van der Waals surface area (Å²) in [7, 11) is 0. The summed E-state index contributed by atoms with van der Waals surface area (Å²) in [4.78, 5) is 0. The van der Waals surface area contributed by atoms with Crippen molar-refractivity contribution in [3.63, 3.8) is 0 Å². The van der Waals surface area contributed by atoms with Gasteiger partial charge in [0.1, 0.15) is 11.2 Å². The van der Waals surface area contributed by atoms with Gasteiger partial charge in [-0.05, 0) is 47.5 Å². The number of hydrogen-bond donors (Lipinski definition) is 1. The number of benzene rings is 4. The lowest BCUT2D eigenvalue weighted by molar-refractivity contribution is 0.616. The van der Waals surface area contributed by atoms with Crippen LogP contribution in [0.25, 0.3) is 44.2 Å². The van der Waals surface area contributed by atoms with E-state index in [1.54, 1.807) is 0 Å². The molecule has 0 atom stereocenters. The maximum atomic E-state index is 5.72. The summed E-state index contributed by atoms with van der Waals surface area (Å²) in [5.74, 6) is 0. The predicted molar refractivity (Wildman–Crippen MR) is 127 cm³/mol. The summed E-state index contributed by atoms with van der Waals surface area (Å²) in [6, 6.07) is 33.0. The number of rotatable bonds is 4.